The predicted octanol–water partition coefficient (Wildman–Crippen LogP) is 2.15. The van der Waals surface area contributed by atoms with E-state index in [9.17, 15) is 8.42 Å². The molecule has 0 atom stereocenters. The second-order valence-corrected chi connectivity index (χ2v) is 7.51. The molecule has 1 aromatic heterocycles. The molecule has 3 rings (SSSR count). The van der Waals surface area contributed by atoms with Gasteiger partial charge in [0.05, 0.1) is 4.90 Å². The van der Waals surface area contributed by atoms with Crippen LogP contribution in [0.3, 0.4) is 0 Å². The Bertz CT molecular complexity index is 737. The van der Waals surface area contributed by atoms with E-state index in [1.165, 1.54) is 0 Å². The van der Waals surface area contributed by atoms with Crippen LogP contribution in [0.2, 0.25) is 0 Å². The molecule has 0 saturated carbocycles. The van der Waals surface area contributed by atoms with Gasteiger partial charge in [0.2, 0.25) is 10.0 Å². The molecule has 0 N–H and O–H groups in total. The Morgan fingerprint density at radius 1 is 1.00 bits per heavy atom. The van der Waals surface area contributed by atoms with E-state index in [-0.39, 0.29) is 0 Å². The summed E-state index contributed by atoms with van der Waals surface area (Å²) in [4.78, 5) is 6.82. The Hall–Kier alpha value is -1.92. The second kappa shape index (κ2) is 6.68. The Labute approximate surface area is 137 Å². The number of piperazine rings is 1. The number of anilines is 1. The molecule has 2 heterocycles. The van der Waals surface area contributed by atoms with Crippen molar-refractivity contribution in [3.63, 3.8) is 0 Å². The van der Waals surface area contributed by atoms with Crippen molar-refractivity contribution >= 4 is 15.8 Å². The molecule has 1 aliphatic rings. The number of benzene rings is 1. The number of aryl methyl sites for hydroxylation is 1. The highest BCUT2D eigenvalue weighted by atomic mass is 32.2. The van der Waals surface area contributed by atoms with Crippen LogP contribution in [0.1, 0.15) is 12.5 Å². The van der Waals surface area contributed by atoms with Crippen molar-refractivity contribution in [2.75, 3.05) is 31.1 Å². The van der Waals surface area contributed by atoms with Crippen molar-refractivity contribution in [3.05, 3.63) is 54.2 Å². The highest BCUT2D eigenvalue weighted by molar-refractivity contribution is 7.89. The number of aromatic nitrogens is 1. The smallest absolute Gasteiger partial charge is 0.243 e. The van der Waals surface area contributed by atoms with Crippen molar-refractivity contribution in [1.29, 1.82) is 0 Å². The molecule has 6 heteroatoms. The molecule has 1 aliphatic heterocycles. The lowest BCUT2D eigenvalue weighted by atomic mass is 10.2. The standard InChI is InChI=1S/C17H21N3O2S/c1-2-15-6-8-16(9-7-15)23(21,22)20-13-11-19(12-14-20)17-5-3-4-10-18-17/h3-10H,2,11-14H2,1H3. The molecule has 0 radical (unpaired) electrons. The van der Waals surface area contributed by atoms with Crippen LogP contribution in [0.4, 0.5) is 5.82 Å². The summed E-state index contributed by atoms with van der Waals surface area (Å²) in [5, 5.41) is 0. The van der Waals surface area contributed by atoms with Gasteiger partial charge in [0, 0.05) is 32.4 Å². The molecule has 0 unspecified atom stereocenters. The first-order valence-corrected chi connectivity index (χ1v) is 9.30. The fourth-order valence-corrected chi connectivity index (χ4v) is 4.17. The molecule has 1 saturated heterocycles. The fourth-order valence-electron chi connectivity index (χ4n) is 2.74. The fraction of sp³-hybridized carbons (Fsp3) is 0.353. The average Bonchev–Trinajstić information content (AvgIpc) is 2.62. The minimum absolute atomic E-state index is 0.376. The third-order valence-electron chi connectivity index (χ3n) is 4.18. The number of pyridine rings is 1. The SMILES string of the molecule is CCc1ccc(S(=O)(=O)N2CCN(c3ccccn3)CC2)cc1. The predicted molar refractivity (Wildman–Crippen MR) is 91.0 cm³/mol. The van der Waals surface area contributed by atoms with Gasteiger partial charge >= 0.3 is 0 Å². The third kappa shape index (κ3) is 3.38. The van der Waals surface area contributed by atoms with E-state index in [1.54, 1.807) is 22.6 Å². The van der Waals surface area contributed by atoms with Gasteiger partial charge in [-0.3, -0.25) is 0 Å². The molecule has 1 aromatic carbocycles. The van der Waals surface area contributed by atoms with Crippen LogP contribution in [-0.2, 0) is 16.4 Å². The maximum absolute atomic E-state index is 12.7. The van der Waals surface area contributed by atoms with Gasteiger partial charge in [-0.15, -0.1) is 0 Å². The Balaban J connectivity index is 1.70. The van der Waals surface area contributed by atoms with Gasteiger partial charge in [-0.2, -0.15) is 4.31 Å². The van der Waals surface area contributed by atoms with Gasteiger partial charge in [-0.05, 0) is 36.2 Å². The topological polar surface area (TPSA) is 53.5 Å². The Kier molecular flexibility index (Phi) is 4.63. The molecule has 0 bridgehead atoms. The van der Waals surface area contributed by atoms with E-state index >= 15 is 0 Å². The minimum Gasteiger partial charge on any atom is -0.354 e. The second-order valence-electron chi connectivity index (χ2n) is 5.58. The molecule has 23 heavy (non-hydrogen) atoms. The van der Waals surface area contributed by atoms with E-state index in [2.05, 4.69) is 16.8 Å². The van der Waals surface area contributed by atoms with Crippen LogP contribution in [0.25, 0.3) is 0 Å². The monoisotopic (exact) mass is 331 g/mol. The van der Waals surface area contributed by atoms with Crippen LogP contribution in [0.15, 0.2) is 53.6 Å². The molecule has 0 spiro atoms. The number of nitrogens with zero attached hydrogens (tertiary/aromatic N) is 3. The zero-order valence-electron chi connectivity index (χ0n) is 13.2. The first-order chi connectivity index (χ1) is 11.1. The molecule has 5 nitrogen and oxygen atoms in total. The van der Waals surface area contributed by atoms with Crippen molar-refractivity contribution in [2.45, 2.75) is 18.2 Å². The lowest BCUT2D eigenvalue weighted by Crippen LogP contribution is -2.48. The van der Waals surface area contributed by atoms with Gasteiger partial charge in [0.25, 0.3) is 0 Å². The number of hydrogen-bond donors (Lipinski definition) is 0. The van der Waals surface area contributed by atoms with Crippen LogP contribution in [-0.4, -0.2) is 43.9 Å². The molecule has 122 valence electrons. The summed E-state index contributed by atoms with van der Waals surface area (Å²) in [6, 6.07) is 13.0. The molecule has 2 aromatic rings. The summed E-state index contributed by atoms with van der Waals surface area (Å²) in [5.74, 6) is 0.900. The molecule has 0 amide bonds. The largest absolute Gasteiger partial charge is 0.354 e. The number of hydrogen-bond acceptors (Lipinski definition) is 4. The highest BCUT2D eigenvalue weighted by Crippen LogP contribution is 2.20. The quantitative estimate of drug-likeness (QED) is 0.861. The van der Waals surface area contributed by atoms with Gasteiger partial charge in [0.15, 0.2) is 0 Å². The molecule has 0 aliphatic carbocycles. The minimum atomic E-state index is -3.41. The normalized spacial score (nSPS) is 16.5. The average molecular weight is 331 g/mol. The Morgan fingerprint density at radius 2 is 1.70 bits per heavy atom. The van der Waals surface area contributed by atoms with Crippen molar-refractivity contribution in [3.8, 4) is 0 Å². The first-order valence-electron chi connectivity index (χ1n) is 7.86. The van der Waals surface area contributed by atoms with Gasteiger partial charge in [-0.1, -0.05) is 25.1 Å². The van der Waals surface area contributed by atoms with E-state index in [0.29, 0.717) is 31.1 Å². The van der Waals surface area contributed by atoms with Crippen molar-refractivity contribution in [1.82, 2.24) is 9.29 Å². The summed E-state index contributed by atoms with van der Waals surface area (Å²) >= 11 is 0. The summed E-state index contributed by atoms with van der Waals surface area (Å²) in [5.41, 5.74) is 1.14. The Morgan fingerprint density at radius 3 is 2.26 bits per heavy atom. The van der Waals surface area contributed by atoms with Gasteiger partial charge in [-0.25, -0.2) is 13.4 Å². The van der Waals surface area contributed by atoms with E-state index in [0.717, 1.165) is 17.8 Å². The maximum Gasteiger partial charge on any atom is 0.243 e. The summed E-state index contributed by atoms with van der Waals surface area (Å²) in [6.45, 7) is 4.33. The van der Waals surface area contributed by atoms with Crippen LogP contribution < -0.4 is 4.90 Å². The molecule has 1 fully saturated rings. The van der Waals surface area contributed by atoms with Crippen molar-refractivity contribution < 1.29 is 8.42 Å². The third-order valence-corrected chi connectivity index (χ3v) is 6.09. The zero-order valence-corrected chi connectivity index (χ0v) is 14.0. The zero-order chi connectivity index (χ0) is 16.3. The summed E-state index contributed by atoms with van der Waals surface area (Å²) in [6.07, 6.45) is 2.66. The summed E-state index contributed by atoms with van der Waals surface area (Å²) < 4.78 is 27.0. The van der Waals surface area contributed by atoms with Crippen LogP contribution in [0.5, 0.6) is 0 Å². The van der Waals surface area contributed by atoms with Gasteiger partial charge in [0.1, 0.15) is 5.82 Å². The van der Waals surface area contributed by atoms with Crippen LogP contribution in [0, 0.1) is 0 Å². The highest BCUT2D eigenvalue weighted by Gasteiger charge is 2.28. The number of sulfonamides is 1. The lowest BCUT2D eigenvalue weighted by molar-refractivity contribution is 0.384. The molecular formula is C17H21N3O2S. The van der Waals surface area contributed by atoms with Crippen LogP contribution >= 0.6 is 0 Å². The van der Waals surface area contributed by atoms with E-state index in [1.807, 2.05) is 30.3 Å². The van der Waals surface area contributed by atoms with E-state index in [4.69, 9.17) is 0 Å². The number of rotatable bonds is 4. The van der Waals surface area contributed by atoms with Crippen molar-refractivity contribution in [2.24, 2.45) is 0 Å². The molecular weight excluding hydrogens is 310 g/mol. The van der Waals surface area contributed by atoms with E-state index < -0.39 is 10.0 Å². The lowest BCUT2D eigenvalue weighted by Gasteiger charge is -2.34. The first kappa shape index (κ1) is 16.0. The van der Waals surface area contributed by atoms with Gasteiger partial charge < -0.3 is 4.90 Å². The maximum atomic E-state index is 12.7. The summed E-state index contributed by atoms with van der Waals surface area (Å²) in [7, 11) is -3.41.